The molecule has 1 atom stereocenters. The number of hydrogen-bond donors (Lipinski definition) is 1. The van der Waals surface area contributed by atoms with E-state index in [4.69, 9.17) is 5.73 Å². The molecule has 0 amide bonds. The predicted molar refractivity (Wildman–Crippen MR) is 88.5 cm³/mol. The highest BCUT2D eigenvalue weighted by molar-refractivity contribution is 9.10. The highest BCUT2D eigenvalue weighted by Gasteiger charge is 2.17. The van der Waals surface area contributed by atoms with E-state index in [1.807, 2.05) is 37.4 Å². The van der Waals surface area contributed by atoms with Crippen LogP contribution in [0.25, 0.3) is 0 Å². The second-order valence-electron chi connectivity index (χ2n) is 5.27. The number of likely N-dealkylation sites (N-methyl/N-ethyl adjacent to an activating group) is 1. The number of nitrogens with two attached hydrogens (primary N) is 1. The van der Waals surface area contributed by atoms with E-state index in [0.717, 1.165) is 16.6 Å². The van der Waals surface area contributed by atoms with Gasteiger partial charge >= 0.3 is 0 Å². The number of benzene rings is 2. The molecule has 2 aromatic carbocycles. The van der Waals surface area contributed by atoms with Crippen LogP contribution < -0.4 is 5.73 Å². The molecule has 0 saturated heterocycles. The zero-order valence-corrected chi connectivity index (χ0v) is 13.9. The lowest BCUT2D eigenvalue weighted by Crippen LogP contribution is -2.30. The number of rotatable bonds is 5. The van der Waals surface area contributed by atoms with E-state index < -0.39 is 0 Å². The Labute approximate surface area is 133 Å². The Morgan fingerprint density at radius 3 is 2.57 bits per heavy atom. The van der Waals surface area contributed by atoms with Gasteiger partial charge in [0.2, 0.25) is 0 Å². The van der Waals surface area contributed by atoms with Gasteiger partial charge in [0.25, 0.3) is 0 Å². The Balaban J connectivity index is 2.20. The minimum absolute atomic E-state index is 0.0661. The number of nitrogens with zero attached hydrogens (tertiary/aromatic N) is 1. The largest absolute Gasteiger partial charge is 0.329 e. The van der Waals surface area contributed by atoms with Crippen LogP contribution in [0, 0.1) is 12.7 Å². The first-order valence-corrected chi connectivity index (χ1v) is 7.72. The summed E-state index contributed by atoms with van der Waals surface area (Å²) < 4.78 is 14.5. The molecule has 1 unspecified atom stereocenters. The van der Waals surface area contributed by atoms with Crippen LogP contribution in [0.5, 0.6) is 0 Å². The average molecular weight is 351 g/mol. The Morgan fingerprint density at radius 1 is 1.24 bits per heavy atom. The smallest absolute Gasteiger partial charge is 0.126 e. The normalized spacial score (nSPS) is 12.7. The Bertz CT molecular complexity index is 615. The van der Waals surface area contributed by atoms with Crippen LogP contribution in [0.3, 0.4) is 0 Å². The van der Waals surface area contributed by atoms with Gasteiger partial charge in [-0.2, -0.15) is 0 Å². The Kier molecular flexibility index (Phi) is 5.51. The molecule has 0 saturated carbocycles. The molecule has 0 heterocycles. The monoisotopic (exact) mass is 350 g/mol. The zero-order valence-electron chi connectivity index (χ0n) is 12.3. The van der Waals surface area contributed by atoms with Crippen molar-refractivity contribution in [2.45, 2.75) is 19.5 Å². The standard InChI is InChI=1S/C17H20BrFN2/c1-12-9-13(7-8-16(12)19)17(10-20)21(2)11-14-5-3-4-6-15(14)18/h3-9,17H,10-11,20H2,1-2H3. The summed E-state index contributed by atoms with van der Waals surface area (Å²) in [6.45, 7) is 3.05. The molecule has 0 aliphatic carbocycles. The van der Waals surface area contributed by atoms with Crippen LogP contribution in [0.15, 0.2) is 46.9 Å². The first-order valence-electron chi connectivity index (χ1n) is 6.92. The highest BCUT2D eigenvalue weighted by atomic mass is 79.9. The molecule has 0 aliphatic rings. The van der Waals surface area contributed by atoms with Crippen molar-refractivity contribution in [3.63, 3.8) is 0 Å². The molecule has 0 radical (unpaired) electrons. The van der Waals surface area contributed by atoms with Crippen LogP contribution in [0.4, 0.5) is 4.39 Å². The van der Waals surface area contributed by atoms with Crippen molar-refractivity contribution in [2.75, 3.05) is 13.6 Å². The molecule has 112 valence electrons. The third-order valence-corrected chi connectivity index (χ3v) is 4.47. The van der Waals surface area contributed by atoms with Crippen molar-refractivity contribution in [1.82, 2.24) is 4.90 Å². The molecule has 2 N–H and O–H groups in total. The summed E-state index contributed by atoms with van der Waals surface area (Å²) in [4.78, 5) is 2.19. The molecule has 0 aliphatic heterocycles. The first kappa shape index (κ1) is 16.1. The molecule has 0 fully saturated rings. The van der Waals surface area contributed by atoms with Gasteiger partial charge in [0, 0.05) is 23.6 Å². The van der Waals surface area contributed by atoms with E-state index in [1.54, 1.807) is 6.92 Å². The number of aryl methyl sites for hydroxylation is 1. The molecule has 21 heavy (non-hydrogen) atoms. The summed E-state index contributed by atoms with van der Waals surface area (Å²) in [5, 5.41) is 0. The van der Waals surface area contributed by atoms with Gasteiger partial charge in [0.1, 0.15) is 5.82 Å². The van der Waals surface area contributed by atoms with Gasteiger partial charge in [-0.1, -0.05) is 46.3 Å². The molecule has 2 rings (SSSR count). The number of halogens is 2. The third-order valence-electron chi connectivity index (χ3n) is 3.70. The minimum Gasteiger partial charge on any atom is -0.329 e. The third kappa shape index (κ3) is 3.90. The molecule has 0 spiro atoms. The quantitative estimate of drug-likeness (QED) is 0.881. The highest BCUT2D eigenvalue weighted by Crippen LogP contribution is 2.24. The summed E-state index contributed by atoms with van der Waals surface area (Å²) in [6.07, 6.45) is 0. The van der Waals surface area contributed by atoms with Crippen molar-refractivity contribution in [3.05, 3.63) is 69.4 Å². The fourth-order valence-corrected chi connectivity index (χ4v) is 2.86. The average Bonchev–Trinajstić information content (AvgIpc) is 2.46. The second kappa shape index (κ2) is 7.16. The van der Waals surface area contributed by atoms with E-state index in [2.05, 4.69) is 26.9 Å². The predicted octanol–water partition coefficient (Wildman–Crippen LogP) is 4.03. The maximum Gasteiger partial charge on any atom is 0.126 e. The molecular weight excluding hydrogens is 331 g/mol. The molecular formula is C17H20BrFN2. The molecule has 0 aromatic heterocycles. The fraction of sp³-hybridized carbons (Fsp3) is 0.294. The molecule has 2 nitrogen and oxygen atoms in total. The number of hydrogen-bond acceptors (Lipinski definition) is 2. The van der Waals surface area contributed by atoms with Gasteiger partial charge in [-0.25, -0.2) is 4.39 Å². The van der Waals surface area contributed by atoms with Gasteiger partial charge in [0.05, 0.1) is 0 Å². The fourth-order valence-electron chi connectivity index (χ4n) is 2.45. The van der Waals surface area contributed by atoms with Crippen molar-refractivity contribution >= 4 is 15.9 Å². The first-order chi connectivity index (χ1) is 10.0. The minimum atomic E-state index is -0.178. The van der Waals surface area contributed by atoms with Crippen LogP contribution in [0.1, 0.15) is 22.7 Å². The summed E-state index contributed by atoms with van der Waals surface area (Å²) in [7, 11) is 2.04. The van der Waals surface area contributed by atoms with E-state index in [-0.39, 0.29) is 11.9 Å². The van der Waals surface area contributed by atoms with Gasteiger partial charge in [-0.05, 0) is 42.8 Å². The summed E-state index contributed by atoms with van der Waals surface area (Å²) in [5.74, 6) is -0.178. The summed E-state index contributed by atoms with van der Waals surface area (Å²) >= 11 is 3.57. The van der Waals surface area contributed by atoms with Gasteiger partial charge in [0.15, 0.2) is 0 Å². The van der Waals surface area contributed by atoms with Gasteiger partial charge in [-0.15, -0.1) is 0 Å². The Hall–Kier alpha value is -1.23. The lowest BCUT2D eigenvalue weighted by atomic mass is 10.0. The van der Waals surface area contributed by atoms with E-state index >= 15 is 0 Å². The molecule has 4 heteroatoms. The van der Waals surface area contributed by atoms with Gasteiger partial charge < -0.3 is 5.73 Å². The SMILES string of the molecule is Cc1cc(C(CN)N(C)Cc2ccccc2Br)ccc1F. The second-order valence-corrected chi connectivity index (χ2v) is 6.12. The van der Waals surface area contributed by atoms with E-state index in [1.165, 1.54) is 11.6 Å². The van der Waals surface area contributed by atoms with Gasteiger partial charge in [-0.3, -0.25) is 4.90 Å². The zero-order chi connectivity index (χ0) is 15.4. The van der Waals surface area contributed by atoms with E-state index in [9.17, 15) is 4.39 Å². The van der Waals surface area contributed by atoms with Crippen LogP contribution >= 0.6 is 15.9 Å². The molecule has 0 bridgehead atoms. The summed E-state index contributed by atoms with van der Waals surface area (Å²) in [6, 6.07) is 13.4. The van der Waals surface area contributed by atoms with Crippen LogP contribution in [0.2, 0.25) is 0 Å². The van der Waals surface area contributed by atoms with Crippen molar-refractivity contribution in [1.29, 1.82) is 0 Å². The van der Waals surface area contributed by atoms with Crippen molar-refractivity contribution in [3.8, 4) is 0 Å². The maximum atomic E-state index is 13.4. The van der Waals surface area contributed by atoms with E-state index in [0.29, 0.717) is 12.1 Å². The van der Waals surface area contributed by atoms with Crippen molar-refractivity contribution in [2.24, 2.45) is 5.73 Å². The lowest BCUT2D eigenvalue weighted by molar-refractivity contribution is 0.241. The van der Waals surface area contributed by atoms with Crippen molar-refractivity contribution < 1.29 is 4.39 Å². The Morgan fingerprint density at radius 2 is 1.95 bits per heavy atom. The van der Waals surface area contributed by atoms with Crippen LogP contribution in [-0.4, -0.2) is 18.5 Å². The summed E-state index contributed by atoms with van der Waals surface area (Å²) in [5.41, 5.74) is 8.84. The lowest BCUT2D eigenvalue weighted by Gasteiger charge is -2.28. The molecule has 2 aromatic rings. The van der Waals surface area contributed by atoms with Crippen LogP contribution in [-0.2, 0) is 6.54 Å². The topological polar surface area (TPSA) is 29.3 Å². The maximum absolute atomic E-state index is 13.4.